The summed E-state index contributed by atoms with van der Waals surface area (Å²) in [5, 5.41) is 183. The molecule has 5 aliphatic carbocycles. The Bertz CT molecular complexity index is 2790. The third kappa shape index (κ3) is 12.7. The van der Waals surface area contributed by atoms with Gasteiger partial charge < -0.3 is 139 Å². The molecule has 31 heteroatoms. The van der Waals surface area contributed by atoms with Gasteiger partial charge in [0, 0.05) is 5.41 Å². The number of esters is 3. The fraction of sp³-hybridized carbons (Fsp3) is 0.922. The number of rotatable bonds is 4. The Morgan fingerprint density at radius 2 is 1.22 bits per heavy atom. The first-order valence-corrected chi connectivity index (χ1v) is 33.3. The van der Waals surface area contributed by atoms with Gasteiger partial charge in [-0.2, -0.15) is 0 Å². The SMILES string of the molecule is C[C@@H]1O[C@H]2O[C@H]3[C@@H](OC[C@H](O)[C@@H]3O)OC(=O)[C@]34CCC(C)(C)C[C@H]3C3=CCC5[C@@]6(C)C[C@H](O)[C@H](O[C@@H]7O[C@H](CO)[C@@H](O)[C@H](O)[C@H]7O[C@@H]7O[C@H](COC(=O)C[C@](C)(O)CC(=O)O[C@@H]1[C@@H](O[C@@H]1OC[C@@H](O)[C@H](O)[C@H]1O)[C@H]2O)[C@@H](O)[C@H](O)[C@H]7O)[C@@](C)(CO)[C@@H]6CC[C@@]5(C)[C@]3(C)C[C@H]4O. The molecular formula is C64H100O31. The van der Waals surface area contributed by atoms with Gasteiger partial charge in [0.1, 0.15) is 104 Å². The quantitative estimate of drug-likeness (QED) is 0.0547. The van der Waals surface area contributed by atoms with Crippen molar-refractivity contribution in [1.82, 2.24) is 0 Å². The molecule has 12 bridgehead atoms. The highest BCUT2D eigenvalue weighted by Crippen LogP contribution is 2.76. The van der Waals surface area contributed by atoms with Crippen LogP contribution in [0.1, 0.15) is 120 Å². The first-order chi connectivity index (χ1) is 44.4. The Kier molecular flexibility index (Phi) is 20.7. The van der Waals surface area contributed by atoms with Gasteiger partial charge >= 0.3 is 17.9 Å². The van der Waals surface area contributed by atoms with Crippen LogP contribution < -0.4 is 0 Å². The minimum Gasteiger partial charge on any atom is -0.463 e. The second kappa shape index (κ2) is 26.8. The van der Waals surface area contributed by atoms with Gasteiger partial charge in [0.2, 0.25) is 6.29 Å². The first-order valence-electron chi connectivity index (χ1n) is 33.3. The molecule has 1 unspecified atom stereocenters. The van der Waals surface area contributed by atoms with Crippen LogP contribution in [0.5, 0.6) is 0 Å². The molecule has 1 spiro atoms. The second-order valence-corrected chi connectivity index (χ2v) is 31.1. The Morgan fingerprint density at radius 1 is 0.568 bits per heavy atom. The molecule has 95 heavy (non-hydrogen) atoms. The molecule has 542 valence electrons. The van der Waals surface area contributed by atoms with Crippen LogP contribution in [-0.4, -0.2) is 298 Å². The Morgan fingerprint density at radius 3 is 1.91 bits per heavy atom. The maximum Gasteiger partial charge on any atom is 0.317 e. The van der Waals surface area contributed by atoms with Gasteiger partial charge in [0.15, 0.2) is 37.4 Å². The maximum absolute atomic E-state index is 15.7. The molecule has 7 saturated heterocycles. The maximum atomic E-state index is 15.7. The minimum absolute atomic E-state index is 0.0545. The monoisotopic (exact) mass is 1360 g/mol. The highest BCUT2D eigenvalue weighted by atomic mass is 16.8. The predicted molar refractivity (Wildman–Crippen MR) is 314 cm³/mol. The van der Waals surface area contributed by atoms with Crippen LogP contribution in [0.3, 0.4) is 0 Å². The van der Waals surface area contributed by atoms with Gasteiger partial charge in [0.25, 0.3) is 0 Å². The Hall–Kier alpha value is -2.85. The number of hydrogen-bond acceptors (Lipinski definition) is 31. The van der Waals surface area contributed by atoms with Gasteiger partial charge in [-0.15, -0.1) is 0 Å². The summed E-state index contributed by atoms with van der Waals surface area (Å²) in [6.45, 7) is 11.1. The number of carbonyl (C=O) groups excluding carboxylic acids is 3. The van der Waals surface area contributed by atoms with E-state index in [0.29, 0.717) is 32.1 Å². The van der Waals surface area contributed by atoms with E-state index in [-0.39, 0.29) is 30.6 Å². The number of aliphatic hydroxyl groups is 16. The van der Waals surface area contributed by atoms with Crippen molar-refractivity contribution >= 4 is 17.9 Å². The summed E-state index contributed by atoms with van der Waals surface area (Å²) in [6, 6.07) is 0. The third-order valence-electron chi connectivity index (χ3n) is 24.3. The third-order valence-corrected chi connectivity index (χ3v) is 24.3. The van der Waals surface area contributed by atoms with Crippen molar-refractivity contribution in [2.45, 2.75) is 285 Å². The number of ether oxygens (including phenoxy) is 12. The van der Waals surface area contributed by atoms with E-state index in [9.17, 15) is 91.3 Å². The van der Waals surface area contributed by atoms with Crippen LogP contribution in [-0.2, 0) is 71.2 Å². The molecule has 0 aromatic rings. The summed E-state index contributed by atoms with van der Waals surface area (Å²) in [5.74, 6) is -4.74. The molecule has 9 aliphatic heterocycles. The smallest absolute Gasteiger partial charge is 0.317 e. The van der Waals surface area contributed by atoms with E-state index in [1.165, 1.54) is 6.92 Å². The van der Waals surface area contributed by atoms with Crippen LogP contribution in [0.2, 0.25) is 0 Å². The molecule has 14 aliphatic rings. The molecular weight excluding hydrogens is 1260 g/mol. The van der Waals surface area contributed by atoms with Gasteiger partial charge in [-0.1, -0.05) is 53.2 Å². The van der Waals surface area contributed by atoms with E-state index in [1.54, 1.807) is 6.92 Å². The van der Waals surface area contributed by atoms with Crippen LogP contribution in [0.4, 0.5) is 0 Å². The number of carbonyl (C=O) groups is 3. The van der Waals surface area contributed by atoms with Crippen molar-refractivity contribution in [3.05, 3.63) is 11.6 Å². The zero-order valence-electron chi connectivity index (χ0n) is 54.7. The van der Waals surface area contributed by atoms with Crippen molar-refractivity contribution in [2.24, 2.45) is 50.2 Å². The summed E-state index contributed by atoms with van der Waals surface area (Å²) in [4.78, 5) is 43.1. The fourth-order valence-corrected chi connectivity index (χ4v) is 18.8. The van der Waals surface area contributed by atoms with Crippen molar-refractivity contribution in [2.75, 3.05) is 33.0 Å². The van der Waals surface area contributed by atoms with Crippen molar-refractivity contribution in [3.8, 4) is 0 Å². The lowest BCUT2D eigenvalue weighted by Gasteiger charge is -2.72. The minimum atomic E-state index is -2.32. The standard InChI is InChI=1S/C64H100O31/c1-25-47-48(91-52-44(79)38(73)29(68)21-85-52)46(81)54(87-25)92-49-39(74)30(69)22-86-55(49)95-57(82)64-14-13-58(2,3)15-27(64)26-9-10-34-60(5)16-28(67)51(61(6,24-66)33(60)11-12-62(34,7)63(26,8)17-35(64)70)94-56-50(43(78)40(75)31(20-65)88-56)93-53-45(80)42(77)41(76)32(89-53)23-84-36(71)18-59(4,83)19-37(72)90-47/h9,25,27-35,38-56,65-70,73-81,83H,10-24H2,1-8H3/t25-,27-,28-,29+,30-,31+,32+,33+,34?,35+,38-,39-,40+,41+,42-,43-,44+,45+,46+,47-,48-,49+,50+,51-,52-,53-,54-,55-,56-,59-,60-,61-,62+,63+,64+/m0/s1. The lowest BCUT2D eigenvalue weighted by Crippen LogP contribution is -2.71. The molecule has 0 aromatic heterocycles. The van der Waals surface area contributed by atoms with Gasteiger partial charge in [-0.25, -0.2) is 0 Å². The molecule has 0 aromatic carbocycles. The van der Waals surface area contributed by atoms with Crippen molar-refractivity contribution < 1.29 is 153 Å². The summed E-state index contributed by atoms with van der Waals surface area (Å²) < 4.78 is 72.1. The molecule has 0 amide bonds. The number of aliphatic hydroxyl groups excluding tert-OH is 15. The molecule has 14 rings (SSSR count). The highest BCUT2D eigenvalue weighted by Gasteiger charge is 2.73. The molecule has 31 nitrogen and oxygen atoms in total. The number of allylic oxidation sites excluding steroid dienone is 2. The van der Waals surface area contributed by atoms with E-state index < -0.39 is 268 Å². The highest BCUT2D eigenvalue weighted by molar-refractivity contribution is 5.80. The van der Waals surface area contributed by atoms with Gasteiger partial charge in [0.05, 0.1) is 69.3 Å². The average molecular weight is 1370 g/mol. The zero-order valence-corrected chi connectivity index (χ0v) is 54.7. The van der Waals surface area contributed by atoms with Crippen LogP contribution in [0, 0.1) is 50.2 Å². The van der Waals surface area contributed by atoms with Crippen LogP contribution in [0.25, 0.3) is 0 Å². The summed E-state index contributed by atoms with van der Waals surface area (Å²) in [5.41, 5.74) is -7.04. The van der Waals surface area contributed by atoms with Crippen molar-refractivity contribution in [3.63, 3.8) is 0 Å². The summed E-state index contributed by atoms with van der Waals surface area (Å²) in [7, 11) is 0. The zero-order chi connectivity index (χ0) is 69.4. The second-order valence-electron chi connectivity index (χ2n) is 31.1. The molecule has 16 N–H and O–H groups in total. The molecule has 9 heterocycles. The first kappa shape index (κ1) is 73.4. The Labute approximate surface area is 549 Å². The van der Waals surface area contributed by atoms with E-state index in [4.69, 9.17) is 56.8 Å². The molecule has 0 radical (unpaired) electrons. The van der Waals surface area contributed by atoms with E-state index in [2.05, 4.69) is 40.7 Å². The Balaban J connectivity index is 0.966. The number of hydrogen-bond donors (Lipinski definition) is 16. The van der Waals surface area contributed by atoms with E-state index >= 15 is 4.79 Å². The van der Waals surface area contributed by atoms with Crippen molar-refractivity contribution in [1.29, 1.82) is 0 Å². The fourth-order valence-electron chi connectivity index (χ4n) is 18.8. The van der Waals surface area contributed by atoms with Crippen LogP contribution >= 0.6 is 0 Å². The molecule has 35 atom stereocenters. The summed E-state index contributed by atoms with van der Waals surface area (Å²) >= 11 is 0. The largest absolute Gasteiger partial charge is 0.463 e. The topological polar surface area (TPSA) is 486 Å². The lowest BCUT2D eigenvalue weighted by molar-refractivity contribution is -0.384. The van der Waals surface area contributed by atoms with E-state index in [0.717, 1.165) is 12.5 Å². The molecule has 11 fully saturated rings. The lowest BCUT2D eigenvalue weighted by atomic mass is 9.33. The average Bonchev–Trinajstić information content (AvgIpc) is 0.670. The summed E-state index contributed by atoms with van der Waals surface area (Å²) in [6.07, 6.45) is -44.3. The predicted octanol–water partition coefficient (Wildman–Crippen LogP) is -4.34. The van der Waals surface area contributed by atoms with Gasteiger partial charge in [-0.3, -0.25) is 14.4 Å². The molecule has 4 saturated carbocycles. The van der Waals surface area contributed by atoms with Gasteiger partial charge in [-0.05, 0) is 105 Å². The van der Waals surface area contributed by atoms with Crippen LogP contribution in [0.15, 0.2) is 11.6 Å². The van der Waals surface area contributed by atoms with E-state index in [1.807, 2.05) is 0 Å². The normalized spacial score (nSPS) is 54.8.